The number of nitrogens with one attached hydrogen (secondary N) is 1. The quantitative estimate of drug-likeness (QED) is 0.468. The lowest BCUT2D eigenvalue weighted by Crippen LogP contribution is -2.17. The summed E-state index contributed by atoms with van der Waals surface area (Å²) in [7, 11) is 0. The zero-order valence-electron chi connectivity index (χ0n) is 16.3. The van der Waals surface area contributed by atoms with Gasteiger partial charge >= 0.3 is 6.18 Å². The Morgan fingerprint density at radius 1 is 1.10 bits per heavy atom. The van der Waals surface area contributed by atoms with Gasteiger partial charge < -0.3 is 10.1 Å². The number of alkyl halides is 3. The number of benzene rings is 2. The number of aryl methyl sites for hydroxylation is 1. The number of nitrogens with zero attached hydrogens (tertiary/aromatic N) is 2. The molecule has 5 nitrogen and oxygen atoms in total. The summed E-state index contributed by atoms with van der Waals surface area (Å²) in [5.74, 6) is -0.0851. The molecule has 0 spiro atoms. The monoisotopic (exact) mass is 471 g/mol. The van der Waals surface area contributed by atoms with Gasteiger partial charge in [0.25, 0.3) is 5.91 Å². The van der Waals surface area contributed by atoms with Gasteiger partial charge in [-0.2, -0.15) is 18.3 Å². The standard InChI is InChI=1S/C21H18Cl2F3N3O2/c1-13-7-19(28-29(13)10-14-5-6-17(22)18(23)9-14)27-20(30)16-4-2-3-15(8-16)11-31-12-21(24,25)26/h2-9H,10-12H2,1H3,(H,27,28,30). The van der Waals surface area contributed by atoms with Crippen molar-refractivity contribution in [3.8, 4) is 0 Å². The summed E-state index contributed by atoms with van der Waals surface area (Å²) in [6.45, 7) is 0.681. The number of carbonyl (C=O) groups is 1. The van der Waals surface area contributed by atoms with Crippen molar-refractivity contribution in [1.29, 1.82) is 0 Å². The van der Waals surface area contributed by atoms with Crippen molar-refractivity contribution in [2.75, 3.05) is 11.9 Å². The summed E-state index contributed by atoms with van der Waals surface area (Å²) in [6.07, 6.45) is -4.40. The molecule has 0 unspecified atom stereocenters. The molecule has 0 aliphatic heterocycles. The molecule has 3 rings (SSSR count). The van der Waals surface area contributed by atoms with E-state index in [1.165, 1.54) is 6.07 Å². The second-order valence-corrected chi connectivity index (χ2v) is 7.65. The first kappa shape index (κ1) is 23.1. The summed E-state index contributed by atoms with van der Waals surface area (Å²) in [6, 6.07) is 13.2. The molecule has 10 heteroatoms. The van der Waals surface area contributed by atoms with Gasteiger partial charge in [0.15, 0.2) is 5.82 Å². The van der Waals surface area contributed by atoms with Gasteiger partial charge in [-0.1, -0.05) is 41.4 Å². The van der Waals surface area contributed by atoms with E-state index in [0.717, 1.165) is 11.3 Å². The Hall–Kier alpha value is -2.55. The number of hydrogen-bond acceptors (Lipinski definition) is 3. The van der Waals surface area contributed by atoms with Crippen LogP contribution in [0.3, 0.4) is 0 Å². The number of aromatic nitrogens is 2. The molecule has 0 atom stereocenters. The molecule has 164 valence electrons. The molecule has 0 aliphatic rings. The van der Waals surface area contributed by atoms with Crippen LogP contribution in [0, 0.1) is 6.92 Å². The van der Waals surface area contributed by atoms with E-state index < -0.39 is 18.7 Å². The molecule has 0 radical (unpaired) electrons. The van der Waals surface area contributed by atoms with Gasteiger partial charge in [0.1, 0.15) is 6.61 Å². The minimum Gasteiger partial charge on any atom is -0.367 e. The van der Waals surface area contributed by atoms with E-state index in [2.05, 4.69) is 15.2 Å². The average molecular weight is 472 g/mol. The Balaban J connectivity index is 1.65. The van der Waals surface area contributed by atoms with E-state index in [1.54, 1.807) is 41.1 Å². The lowest BCUT2D eigenvalue weighted by molar-refractivity contribution is -0.176. The fraction of sp³-hybridized carbons (Fsp3) is 0.238. The number of halogens is 5. The number of ether oxygens (including phenoxy) is 1. The number of rotatable bonds is 7. The average Bonchev–Trinajstić information content (AvgIpc) is 3.02. The van der Waals surface area contributed by atoms with Crippen LogP contribution in [-0.2, 0) is 17.9 Å². The molecule has 0 saturated heterocycles. The molecule has 0 saturated carbocycles. The Morgan fingerprint density at radius 3 is 2.58 bits per heavy atom. The highest BCUT2D eigenvalue weighted by Crippen LogP contribution is 2.23. The number of carbonyl (C=O) groups excluding carboxylic acids is 1. The summed E-state index contributed by atoms with van der Waals surface area (Å²) in [5, 5.41) is 7.98. The molecular formula is C21H18Cl2F3N3O2. The lowest BCUT2D eigenvalue weighted by Gasteiger charge is -2.09. The second kappa shape index (κ2) is 9.72. The molecule has 0 bridgehead atoms. The van der Waals surface area contributed by atoms with Crippen LogP contribution in [0.15, 0.2) is 48.5 Å². The zero-order chi connectivity index (χ0) is 22.6. The van der Waals surface area contributed by atoms with E-state index in [0.29, 0.717) is 28.0 Å². The first-order chi connectivity index (χ1) is 14.6. The van der Waals surface area contributed by atoms with Crippen molar-refractivity contribution in [3.63, 3.8) is 0 Å². The van der Waals surface area contributed by atoms with Crippen molar-refractivity contribution in [1.82, 2.24) is 9.78 Å². The van der Waals surface area contributed by atoms with E-state index >= 15 is 0 Å². The first-order valence-electron chi connectivity index (χ1n) is 9.14. The Morgan fingerprint density at radius 2 is 1.87 bits per heavy atom. The molecule has 1 heterocycles. The van der Waals surface area contributed by atoms with Crippen LogP contribution in [0.2, 0.25) is 10.0 Å². The maximum absolute atomic E-state index is 12.5. The molecular weight excluding hydrogens is 454 g/mol. The van der Waals surface area contributed by atoms with Crippen LogP contribution in [0.5, 0.6) is 0 Å². The predicted molar refractivity (Wildman–Crippen MR) is 113 cm³/mol. The largest absolute Gasteiger partial charge is 0.411 e. The molecule has 31 heavy (non-hydrogen) atoms. The van der Waals surface area contributed by atoms with Gasteiger partial charge in [-0.25, -0.2) is 0 Å². The van der Waals surface area contributed by atoms with E-state index in [-0.39, 0.29) is 12.2 Å². The van der Waals surface area contributed by atoms with Crippen LogP contribution >= 0.6 is 23.2 Å². The third-order valence-corrected chi connectivity index (χ3v) is 5.00. The summed E-state index contributed by atoms with van der Waals surface area (Å²) < 4.78 is 43.0. The maximum Gasteiger partial charge on any atom is 0.411 e. The topological polar surface area (TPSA) is 56.1 Å². The van der Waals surface area contributed by atoms with Crippen molar-refractivity contribution < 1.29 is 22.7 Å². The highest BCUT2D eigenvalue weighted by atomic mass is 35.5. The molecule has 1 aromatic heterocycles. The fourth-order valence-electron chi connectivity index (χ4n) is 2.82. The maximum atomic E-state index is 12.5. The highest BCUT2D eigenvalue weighted by molar-refractivity contribution is 6.42. The van der Waals surface area contributed by atoms with E-state index in [1.807, 2.05) is 13.0 Å². The van der Waals surface area contributed by atoms with Gasteiger partial charge in [0.2, 0.25) is 0 Å². The van der Waals surface area contributed by atoms with Crippen molar-refractivity contribution in [2.45, 2.75) is 26.3 Å². The van der Waals surface area contributed by atoms with E-state index in [4.69, 9.17) is 23.2 Å². The number of anilines is 1. The zero-order valence-corrected chi connectivity index (χ0v) is 17.9. The Labute approximate surface area is 186 Å². The molecule has 2 aromatic carbocycles. The summed E-state index contributed by atoms with van der Waals surface area (Å²) in [4.78, 5) is 12.5. The van der Waals surface area contributed by atoms with Gasteiger partial charge in [-0.3, -0.25) is 9.48 Å². The van der Waals surface area contributed by atoms with Crippen molar-refractivity contribution in [2.24, 2.45) is 0 Å². The van der Waals surface area contributed by atoms with Crippen molar-refractivity contribution >= 4 is 34.9 Å². The normalized spacial score (nSPS) is 11.5. The Kier molecular flexibility index (Phi) is 7.25. The second-order valence-electron chi connectivity index (χ2n) is 6.84. The molecule has 1 N–H and O–H groups in total. The molecule has 0 fully saturated rings. The molecule has 3 aromatic rings. The third-order valence-electron chi connectivity index (χ3n) is 4.26. The fourth-order valence-corrected chi connectivity index (χ4v) is 3.14. The minimum atomic E-state index is -4.40. The predicted octanol–water partition coefficient (Wildman–Crippen LogP) is 5.88. The summed E-state index contributed by atoms with van der Waals surface area (Å²) >= 11 is 12.0. The SMILES string of the molecule is Cc1cc(NC(=O)c2cccc(COCC(F)(F)F)c2)nn1Cc1ccc(Cl)c(Cl)c1. The lowest BCUT2D eigenvalue weighted by atomic mass is 10.1. The summed E-state index contributed by atoms with van der Waals surface area (Å²) in [5.41, 5.74) is 2.45. The Bertz CT molecular complexity index is 1080. The smallest absolute Gasteiger partial charge is 0.367 e. The van der Waals surface area contributed by atoms with Gasteiger partial charge in [-0.05, 0) is 42.3 Å². The van der Waals surface area contributed by atoms with Gasteiger partial charge in [0.05, 0.1) is 23.2 Å². The molecule has 0 aliphatic carbocycles. The van der Waals surface area contributed by atoms with Gasteiger partial charge in [0, 0.05) is 17.3 Å². The highest BCUT2D eigenvalue weighted by Gasteiger charge is 2.27. The molecule has 1 amide bonds. The minimum absolute atomic E-state index is 0.252. The van der Waals surface area contributed by atoms with Crippen LogP contribution < -0.4 is 5.32 Å². The van der Waals surface area contributed by atoms with Crippen LogP contribution in [-0.4, -0.2) is 28.5 Å². The number of hydrogen-bond donors (Lipinski definition) is 1. The van der Waals surface area contributed by atoms with E-state index in [9.17, 15) is 18.0 Å². The first-order valence-corrected chi connectivity index (χ1v) is 9.89. The third kappa shape index (κ3) is 6.72. The van der Waals surface area contributed by atoms with Crippen LogP contribution in [0.25, 0.3) is 0 Å². The number of amides is 1. The van der Waals surface area contributed by atoms with Crippen molar-refractivity contribution in [3.05, 3.63) is 81.0 Å². The van der Waals surface area contributed by atoms with Crippen LogP contribution in [0.1, 0.15) is 27.2 Å². The van der Waals surface area contributed by atoms with Gasteiger partial charge in [-0.15, -0.1) is 0 Å². The van der Waals surface area contributed by atoms with Crippen LogP contribution in [0.4, 0.5) is 19.0 Å².